The summed E-state index contributed by atoms with van der Waals surface area (Å²) in [5, 5.41) is 3.01. The minimum absolute atomic E-state index is 0.293. The van der Waals surface area contributed by atoms with Crippen molar-refractivity contribution >= 4 is 22.6 Å². The topological polar surface area (TPSA) is 62.0 Å². The van der Waals surface area contributed by atoms with Crippen molar-refractivity contribution in [1.29, 1.82) is 0 Å². The van der Waals surface area contributed by atoms with Crippen molar-refractivity contribution in [3.05, 3.63) is 59.9 Å². The van der Waals surface area contributed by atoms with Gasteiger partial charge < -0.3 is 10.3 Å². The van der Waals surface area contributed by atoms with E-state index in [0.29, 0.717) is 22.2 Å². The van der Waals surface area contributed by atoms with Crippen LogP contribution in [0.1, 0.15) is 10.4 Å². The summed E-state index contributed by atoms with van der Waals surface area (Å²) >= 11 is 0. The molecule has 0 spiro atoms. The summed E-state index contributed by atoms with van der Waals surface area (Å²) in [6.45, 7) is 0. The number of Topliss-reactive ketones (excluding diaryl/α,β-unsaturated/α-hetero) is 1. The SMILES string of the molecule is CNC(=O)C(=O)c1c(-c2ccc(F)cc2)[nH]c2ccccc12. The number of rotatable bonds is 3. The molecule has 1 aromatic heterocycles. The predicted octanol–water partition coefficient (Wildman–Crippen LogP) is 2.90. The van der Waals surface area contributed by atoms with Crippen LogP contribution in [-0.2, 0) is 4.79 Å². The lowest BCUT2D eigenvalue weighted by Gasteiger charge is -2.04. The maximum atomic E-state index is 13.1. The number of nitrogens with one attached hydrogen (secondary N) is 2. The van der Waals surface area contributed by atoms with Crippen LogP contribution in [0, 0.1) is 5.82 Å². The zero-order chi connectivity index (χ0) is 15.7. The molecule has 0 aliphatic rings. The first-order valence-electron chi connectivity index (χ1n) is 6.75. The first-order chi connectivity index (χ1) is 10.6. The van der Waals surface area contributed by atoms with Crippen molar-refractivity contribution in [3.63, 3.8) is 0 Å². The fourth-order valence-electron chi connectivity index (χ4n) is 2.44. The van der Waals surface area contributed by atoms with Crippen molar-refractivity contribution < 1.29 is 14.0 Å². The molecule has 2 N–H and O–H groups in total. The van der Waals surface area contributed by atoms with Gasteiger partial charge in [-0.25, -0.2) is 4.39 Å². The maximum absolute atomic E-state index is 13.1. The summed E-state index contributed by atoms with van der Waals surface area (Å²) in [7, 11) is 1.41. The quantitative estimate of drug-likeness (QED) is 0.576. The number of H-pyrrole nitrogens is 1. The lowest BCUT2D eigenvalue weighted by atomic mass is 10.0. The van der Waals surface area contributed by atoms with E-state index in [0.717, 1.165) is 5.52 Å². The highest BCUT2D eigenvalue weighted by Crippen LogP contribution is 2.30. The smallest absolute Gasteiger partial charge is 0.292 e. The van der Waals surface area contributed by atoms with E-state index >= 15 is 0 Å². The molecule has 0 bridgehead atoms. The molecule has 0 saturated carbocycles. The van der Waals surface area contributed by atoms with Crippen LogP contribution in [0.25, 0.3) is 22.2 Å². The van der Waals surface area contributed by atoms with Crippen LogP contribution in [0.2, 0.25) is 0 Å². The standard InChI is InChI=1S/C17H13FN2O2/c1-19-17(22)16(21)14-12-4-2-3-5-13(12)20-15(14)10-6-8-11(18)9-7-10/h2-9,20H,1H3,(H,19,22). The van der Waals surface area contributed by atoms with Crippen molar-refractivity contribution in [2.24, 2.45) is 0 Å². The predicted molar refractivity (Wildman–Crippen MR) is 82.1 cm³/mol. The summed E-state index contributed by atoms with van der Waals surface area (Å²) in [5.41, 5.74) is 2.19. The molecule has 5 heteroatoms. The third kappa shape index (κ3) is 2.26. The Kier molecular flexibility index (Phi) is 3.47. The van der Waals surface area contributed by atoms with Gasteiger partial charge in [0, 0.05) is 18.0 Å². The van der Waals surface area contributed by atoms with E-state index in [1.54, 1.807) is 24.3 Å². The molecule has 0 atom stereocenters. The van der Waals surface area contributed by atoms with Gasteiger partial charge in [-0.2, -0.15) is 0 Å². The molecular formula is C17H13FN2O2. The Morgan fingerprint density at radius 1 is 1.05 bits per heavy atom. The number of amides is 1. The molecule has 3 aromatic rings. The van der Waals surface area contributed by atoms with Crippen LogP contribution in [0.15, 0.2) is 48.5 Å². The molecular weight excluding hydrogens is 283 g/mol. The van der Waals surface area contributed by atoms with Crippen LogP contribution in [0.3, 0.4) is 0 Å². The summed E-state index contributed by atoms with van der Waals surface area (Å²) < 4.78 is 13.1. The van der Waals surface area contributed by atoms with Crippen LogP contribution >= 0.6 is 0 Å². The monoisotopic (exact) mass is 296 g/mol. The normalized spacial score (nSPS) is 10.6. The number of likely N-dealkylation sites (N-methyl/N-ethyl adjacent to an activating group) is 1. The number of ketones is 1. The van der Waals surface area contributed by atoms with Crippen LogP contribution in [0.4, 0.5) is 4.39 Å². The summed E-state index contributed by atoms with van der Waals surface area (Å²) in [4.78, 5) is 27.3. The molecule has 0 saturated heterocycles. The molecule has 3 rings (SSSR count). The van der Waals surface area contributed by atoms with Crippen LogP contribution < -0.4 is 5.32 Å². The second kappa shape index (κ2) is 5.44. The van der Waals surface area contributed by atoms with Gasteiger partial charge in [0.15, 0.2) is 0 Å². The maximum Gasteiger partial charge on any atom is 0.292 e. The van der Waals surface area contributed by atoms with Crippen LogP contribution in [0.5, 0.6) is 0 Å². The molecule has 1 amide bonds. The molecule has 22 heavy (non-hydrogen) atoms. The van der Waals surface area contributed by atoms with E-state index < -0.39 is 11.7 Å². The summed E-state index contributed by atoms with van der Waals surface area (Å²) in [5.74, 6) is -1.67. The van der Waals surface area contributed by atoms with Gasteiger partial charge in [-0.15, -0.1) is 0 Å². The van der Waals surface area contributed by atoms with Gasteiger partial charge in [-0.1, -0.05) is 18.2 Å². The van der Waals surface area contributed by atoms with E-state index in [-0.39, 0.29) is 5.82 Å². The first kappa shape index (κ1) is 14.0. The number of hydrogen-bond acceptors (Lipinski definition) is 2. The Labute approximate surface area is 126 Å². The molecule has 0 unspecified atom stereocenters. The largest absolute Gasteiger partial charge is 0.354 e. The molecule has 0 fully saturated rings. The Hall–Kier alpha value is -2.95. The minimum atomic E-state index is -0.687. The van der Waals surface area contributed by atoms with E-state index in [2.05, 4.69) is 10.3 Å². The molecule has 110 valence electrons. The number of aromatic amines is 1. The van der Waals surface area contributed by atoms with E-state index in [1.807, 2.05) is 12.1 Å². The third-order valence-electron chi connectivity index (χ3n) is 3.50. The molecule has 1 heterocycles. The lowest BCUT2D eigenvalue weighted by molar-refractivity contribution is -0.116. The second-order valence-electron chi connectivity index (χ2n) is 4.84. The Morgan fingerprint density at radius 3 is 2.41 bits per heavy atom. The van der Waals surface area contributed by atoms with Crippen molar-refractivity contribution in [3.8, 4) is 11.3 Å². The Morgan fingerprint density at radius 2 is 1.73 bits per heavy atom. The van der Waals surface area contributed by atoms with Crippen LogP contribution in [-0.4, -0.2) is 23.7 Å². The fourth-order valence-corrected chi connectivity index (χ4v) is 2.44. The van der Waals surface area contributed by atoms with Crippen molar-refractivity contribution in [2.45, 2.75) is 0 Å². The number of fused-ring (bicyclic) bond motifs is 1. The Bertz CT molecular complexity index is 866. The number of benzene rings is 2. The number of halogens is 1. The number of carbonyl (C=O) groups is 2. The van der Waals surface area contributed by atoms with Gasteiger partial charge >= 0.3 is 0 Å². The molecule has 0 aliphatic carbocycles. The third-order valence-corrected chi connectivity index (χ3v) is 3.50. The van der Waals surface area contributed by atoms with Gasteiger partial charge in [-0.3, -0.25) is 9.59 Å². The molecule has 0 aliphatic heterocycles. The number of carbonyl (C=O) groups excluding carboxylic acids is 2. The number of hydrogen-bond donors (Lipinski definition) is 2. The fraction of sp³-hybridized carbons (Fsp3) is 0.0588. The highest BCUT2D eigenvalue weighted by Gasteiger charge is 2.24. The highest BCUT2D eigenvalue weighted by atomic mass is 19.1. The molecule has 0 radical (unpaired) electrons. The average molecular weight is 296 g/mol. The van der Waals surface area contributed by atoms with Gasteiger partial charge in [-0.05, 0) is 35.9 Å². The second-order valence-corrected chi connectivity index (χ2v) is 4.84. The Balaban J connectivity index is 2.27. The molecule has 4 nitrogen and oxygen atoms in total. The van der Waals surface area contributed by atoms with Gasteiger partial charge in [0.1, 0.15) is 5.82 Å². The molecule has 2 aromatic carbocycles. The minimum Gasteiger partial charge on any atom is -0.354 e. The van der Waals surface area contributed by atoms with Gasteiger partial charge in [0.05, 0.1) is 11.3 Å². The first-order valence-corrected chi connectivity index (χ1v) is 6.75. The van der Waals surface area contributed by atoms with E-state index in [4.69, 9.17) is 0 Å². The lowest BCUT2D eigenvalue weighted by Crippen LogP contribution is -2.27. The zero-order valence-electron chi connectivity index (χ0n) is 11.8. The summed E-state index contributed by atoms with van der Waals surface area (Å²) in [6, 6.07) is 13.0. The zero-order valence-corrected chi connectivity index (χ0v) is 11.8. The van der Waals surface area contributed by atoms with E-state index in [1.165, 1.54) is 19.2 Å². The highest BCUT2D eigenvalue weighted by molar-refractivity contribution is 6.46. The van der Waals surface area contributed by atoms with Crippen molar-refractivity contribution in [2.75, 3.05) is 7.05 Å². The van der Waals surface area contributed by atoms with Gasteiger partial charge in [0.25, 0.3) is 11.7 Å². The van der Waals surface area contributed by atoms with Gasteiger partial charge in [0.2, 0.25) is 0 Å². The number of aromatic nitrogens is 1. The number of para-hydroxylation sites is 1. The van der Waals surface area contributed by atoms with E-state index in [9.17, 15) is 14.0 Å². The summed E-state index contributed by atoms with van der Waals surface area (Å²) in [6.07, 6.45) is 0. The average Bonchev–Trinajstić information content (AvgIpc) is 2.93. The van der Waals surface area contributed by atoms with Crippen molar-refractivity contribution in [1.82, 2.24) is 10.3 Å².